The molecule has 1 amide bonds. The molecule has 96 valence electrons. The maximum atomic E-state index is 13.4. The number of carbonyl (C=O) groups is 1. The van der Waals surface area contributed by atoms with Crippen molar-refractivity contribution in [2.24, 2.45) is 17.8 Å². The lowest BCUT2D eigenvalue weighted by Crippen LogP contribution is -2.29. The van der Waals surface area contributed by atoms with Crippen molar-refractivity contribution in [1.82, 2.24) is 5.32 Å². The van der Waals surface area contributed by atoms with Crippen LogP contribution in [-0.2, 0) is 11.3 Å². The molecule has 2 aliphatic rings. The van der Waals surface area contributed by atoms with Gasteiger partial charge in [0.2, 0.25) is 5.91 Å². The standard InChI is InChI=1S/C14H15F2NO/c15-12-2-1-8(13(16)6-12)7-17-14(18)11-4-9-3-10(9)5-11/h1-2,6,9-11H,3-5,7H2,(H,17,18). The predicted octanol–water partition coefficient (Wildman–Crippen LogP) is 2.63. The van der Waals surface area contributed by atoms with Gasteiger partial charge < -0.3 is 5.32 Å². The van der Waals surface area contributed by atoms with E-state index in [1.54, 1.807) is 0 Å². The highest BCUT2D eigenvalue weighted by Gasteiger charge is 2.47. The molecule has 2 fully saturated rings. The van der Waals surface area contributed by atoms with Gasteiger partial charge in [-0.25, -0.2) is 8.78 Å². The first kappa shape index (κ1) is 11.6. The fraction of sp³-hybridized carbons (Fsp3) is 0.500. The van der Waals surface area contributed by atoms with Gasteiger partial charge in [-0.15, -0.1) is 0 Å². The first-order valence-electron chi connectivity index (χ1n) is 6.35. The van der Waals surface area contributed by atoms with E-state index in [2.05, 4.69) is 5.32 Å². The van der Waals surface area contributed by atoms with Gasteiger partial charge in [-0.3, -0.25) is 4.79 Å². The number of rotatable bonds is 3. The van der Waals surface area contributed by atoms with Crippen LogP contribution in [-0.4, -0.2) is 5.91 Å². The lowest BCUT2D eigenvalue weighted by molar-refractivity contribution is -0.125. The van der Waals surface area contributed by atoms with E-state index in [1.807, 2.05) is 0 Å². The average molecular weight is 251 g/mol. The van der Waals surface area contributed by atoms with Gasteiger partial charge in [-0.2, -0.15) is 0 Å². The van der Waals surface area contributed by atoms with Gasteiger partial charge in [0.05, 0.1) is 0 Å². The quantitative estimate of drug-likeness (QED) is 0.879. The van der Waals surface area contributed by atoms with E-state index in [0.717, 1.165) is 30.7 Å². The summed E-state index contributed by atoms with van der Waals surface area (Å²) in [5.41, 5.74) is 0.327. The molecule has 2 atom stereocenters. The van der Waals surface area contributed by atoms with Gasteiger partial charge in [-0.05, 0) is 37.2 Å². The Morgan fingerprint density at radius 3 is 2.61 bits per heavy atom. The summed E-state index contributed by atoms with van der Waals surface area (Å²) in [6.07, 6.45) is 3.22. The number of hydrogen-bond acceptors (Lipinski definition) is 1. The zero-order chi connectivity index (χ0) is 12.7. The fourth-order valence-electron chi connectivity index (χ4n) is 2.92. The van der Waals surface area contributed by atoms with Gasteiger partial charge in [0.25, 0.3) is 0 Å². The molecular weight excluding hydrogens is 236 g/mol. The molecular formula is C14H15F2NO. The molecule has 0 spiro atoms. The number of nitrogens with one attached hydrogen (secondary N) is 1. The minimum Gasteiger partial charge on any atom is -0.352 e. The third-order valence-electron chi connectivity index (χ3n) is 4.08. The van der Waals surface area contributed by atoms with Crippen LogP contribution in [0.2, 0.25) is 0 Å². The molecule has 0 saturated heterocycles. The lowest BCUT2D eigenvalue weighted by Gasteiger charge is -2.12. The van der Waals surface area contributed by atoms with Crippen molar-refractivity contribution in [3.63, 3.8) is 0 Å². The number of halogens is 2. The SMILES string of the molecule is O=C(NCc1ccc(F)cc1F)C1CC2CC2C1. The molecule has 0 aliphatic heterocycles. The van der Waals surface area contributed by atoms with Gasteiger partial charge in [-0.1, -0.05) is 6.07 Å². The van der Waals surface area contributed by atoms with Gasteiger partial charge in [0.15, 0.2) is 0 Å². The summed E-state index contributed by atoms with van der Waals surface area (Å²) in [5.74, 6) is 0.401. The first-order chi connectivity index (χ1) is 8.63. The number of fused-ring (bicyclic) bond motifs is 1. The van der Waals surface area contributed by atoms with Crippen LogP contribution in [0.5, 0.6) is 0 Å². The van der Waals surface area contributed by atoms with E-state index in [-0.39, 0.29) is 18.4 Å². The van der Waals surface area contributed by atoms with Crippen LogP contribution in [0.15, 0.2) is 18.2 Å². The molecule has 2 aliphatic carbocycles. The Balaban J connectivity index is 1.55. The number of benzene rings is 1. The van der Waals surface area contributed by atoms with Crippen LogP contribution < -0.4 is 5.32 Å². The molecule has 1 aromatic carbocycles. The van der Waals surface area contributed by atoms with Crippen molar-refractivity contribution in [2.45, 2.75) is 25.8 Å². The third kappa shape index (κ3) is 2.24. The lowest BCUT2D eigenvalue weighted by atomic mass is 10.0. The summed E-state index contributed by atoms with van der Waals surface area (Å²) in [6.45, 7) is 0.136. The van der Waals surface area contributed by atoms with Gasteiger partial charge in [0.1, 0.15) is 11.6 Å². The maximum absolute atomic E-state index is 13.4. The van der Waals surface area contributed by atoms with Crippen LogP contribution in [0.4, 0.5) is 8.78 Å². The zero-order valence-corrected chi connectivity index (χ0v) is 9.96. The monoisotopic (exact) mass is 251 g/mol. The predicted molar refractivity (Wildman–Crippen MR) is 62.5 cm³/mol. The second-order valence-electron chi connectivity index (χ2n) is 5.38. The van der Waals surface area contributed by atoms with Crippen LogP contribution in [0.1, 0.15) is 24.8 Å². The summed E-state index contributed by atoms with van der Waals surface area (Å²) in [4.78, 5) is 11.9. The molecule has 0 heterocycles. The Bertz CT molecular complexity index is 479. The third-order valence-corrected chi connectivity index (χ3v) is 4.08. The fourth-order valence-corrected chi connectivity index (χ4v) is 2.92. The second kappa shape index (κ2) is 4.34. The highest BCUT2D eigenvalue weighted by molar-refractivity contribution is 5.79. The van der Waals surface area contributed by atoms with Crippen LogP contribution in [0, 0.1) is 29.4 Å². The van der Waals surface area contributed by atoms with Crippen LogP contribution in [0.3, 0.4) is 0 Å². The molecule has 1 aromatic rings. The second-order valence-corrected chi connectivity index (χ2v) is 5.38. The summed E-state index contributed by atoms with van der Waals surface area (Å²) < 4.78 is 26.1. The largest absolute Gasteiger partial charge is 0.352 e. The van der Waals surface area contributed by atoms with Crippen molar-refractivity contribution in [3.05, 3.63) is 35.4 Å². The smallest absolute Gasteiger partial charge is 0.223 e. The Morgan fingerprint density at radius 2 is 1.94 bits per heavy atom. The minimum absolute atomic E-state index is 0.00549. The molecule has 1 N–H and O–H groups in total. The van der Waals surface area contributed by atoms with Crippen molar-refractivity contribution in [1.29, 1.82) is 0 Å². The summed E-state index contributed by atoms with van der Waals surface area (Å²) >= 11 is 0. The Labute approximate surface area is 104 Å². The number of carbonyl (C=O) groups excluding carboxylic acids is 1. The Hall–Kier alpha value is -1.45. The highest BCUT2D eigenvalue weighted by Crippen LogP contribution is 2.54. The molecule has 0 aromatic heterocycles. The van der Waals surface area contributed by atoms with Gasteiger partial charge >= 0.3 is 0 Å². The van der Waals surface area contributed by atoms with E-state index < -0.39 is 11.6 Å². The minimum atomic E-state index is -0.607. The number of hydrogen-bond donors (Lipinski definition) is 1. The van der Waals surface area contributed by atoms with E-state index in [9.17, 15) is 13.6 Å². The molecule has 3 rings (SSSR count). The zero-order valence-electron chi connectivity index (χ0n) is 9.96. The molecule has 0 bridgehead atoms. The molecule has 2 saturated carbocycles. The summed E-state index contributed by atoms with van der Waals surface area (Å²) in [7, 11) is 0. The molecule has 4 heteroatoms. The Morgan fingerprint density at radius 1 is 1.22 bits per heavy atom. The summed E-state index contributed by atoms with van der Waals surface area (Å²) in [5, 5.41) is 2.74. The number of amides is 1. The normalized spacial score (nSPS) is 28.9. The van der Waals surface area contributed by atoms with Gasteiger partial charge in [0, 0.05) is 24.1 Å². The summed E-state index contributed by atoms with van der Waals surface area (Å²) in [6, 6.07) is 3.42. The molecule has 2 unspecified atom stereocenters. The first-order valence-corrected chi connectivity index (χ1v) is 6.35. The van der Waals surface area contributed by atoms with Crippen molar-refractivity contribution < 1.29 is 13.6 Å². The average Bonchev–Trinajstić information content (AvgIpc) is 2.95. The molecule has 0 radical (unpaired) electrons. The van der Waals surface area contributed by atoms with E-state index in [0.29, 0.717) is 5.56 Å². The van der Waals surface area contributed by atoms with Crippen molar-refractivity contribution in [3.8, 4) is 0 Å². The maximum Gasteiger partial charge on any atom is 0.223 e. The highest BCUT2D eigenvalue weighted by atomic mass is 19.1. The van der Waals surface area contributed by atoms with Crippen molar-refractivity contribution in [2.75, 3.05) is 0 Å². The van der Waals surface area contributed by atoms with E-state index in [4.69, 9.17) is 0 Å². The van der Waals surface area contributed by atoms with E-state index >= 15 is 0 Å². The van der Waals surface area contributed by atoms with Crippen LogP contribution in [0.25, 0.3) is 0 Å². The topological polar surface area (TPSA) is 29.1 Å². The molecule has 2 nitrogen and oxygen atoms in total. The Kier molecular flexibility index (Phi) is 2.80. The molecule has 18 heavy (non-hydrogen) atoms. The van der Waals surface area contributed by atoms with Crippen molar-refractivity contribution >= 4 is 5.91 Å². The van der Waals surface area contributed by atoms with E-state index in [1.165, 1.54) is 18.6 Å². The van der Waals surface area contributed by atoms with Crippen LogP contribution >= 0.6 is 0 Å².